The summed E-state index contributed by atoms with van der Waals surface area (Å²) < 4.78 is 13.0. The third-order valence-electron chi connectivity index (χ3n) is 3.03. The van der Waals surface area contributed by atoms with Crippen molar-refractivity contribution in [1.29, 1.82) is 0 Å². The van der Waals surface area contributed by atoms with Gasteiger partial charge in [-0.25, -0.2) is 4.39 Å². The van der Waals surface area contributed by atoms with E-state index in [-0.39, 0.29) is 11.6 Å². The van der Waals surface area contributed by atoms with E-state index in [9.17, 15) is 9.18 Å². The summed E-state index contributed by atoms with van der Waals surface area (Å²) >= 11 is 0. The molecule has 2 heteroatoms. The zero-order chi connectivity index (χ0) is 13.1. The molecule has 0 aliphatic carbocycles. The third-order valence-corrected chi connectivity index (χ3v) is 3.03. The van der Waals surface area contributed by atoms with Gasteiger partial charge in [0.1, 0.15) is 5.82 Å². The molecule has 2 aromatic rings. The lowest BCUT2D eigenvalue weighted by molar-refractivity contribution is 0.0988. The van der Waals surface area contributed by atoms with Crippen LogP contribution in [0.1, 0.15) is 29.3 Å². The fourth-order valence-corrected chi connectivity index (χ4v) is 1.99. The van der Waals surface area contributed by atoms with Gasteiger partial charge in [-0.1, -0.05) is 37.3 Å². The first-order chi connectivity index (χ1) is 8.61. The van der Waals surface area contributed by atoms with Crippen molar-refractivity contribution < 1.29 is 9.18 Å². The molecule has 0 aliphatic heterocycles. The van der Waals surface area contributed by atoms with Crippen LogP contribution in [0.3, 0.4) is 0 Å². The van der Waals surface area contributed by atoms with Gasteiger partial charge < -0.3 is 0 Å². The van der Waals surface area contributed by atoms with Gasteiger partial charge in [-0.2, -0.15) is 0 Å². The first-order valence-electron chi connectivity index (χ1n) is 6.01. The normalized spacial score (nSPS) is 10.4. The lowest BCUT2D eigenvalue weighted by atomic mass is 9.98. The molecule has 0 spiro atoms. The number of carbonyl (C=O) groups is 1. The molecule has 0 aliphatic rings. The van der Waals surface area contributed by atoms with E-state index in [1.165, 1.54) is 12.1 Å². The molecule has 2 rings (SSSR count). The van der Waals surface area contributed by atoms with Crippen molar-refractivity contribution in [2.24, 2.45) is 0 Å². The number of carbonyl (C=O) groups excluding carboxylic acids is 1. The van der Waals surface area contributed by atoms with Gasteiger partial charge in [0, 0.05) is 12.0 Å². The Labute approximate surface area is 106 Å². The molecule has 0 fully saturated rings. The van der Waals surface area contributed by atoms with E-state index in [1.54, 1.807) is 6.07 Å². The second-order valence-corrected chi connectivity index (χ2v) is 4.31. The first kappa shape index (κ1) is 12.5. The van der Waals surface area contributed by atoms with Crippen LogP contribution in [0.25, 0.3) is 11.1 Å². The van der Waals surface area contributed by atoms with Crippen LogP contribution in [0.15, 0.2) is 42.5 Å². The van der Waals surface area contributed by atoms with Crippen molar-refractivity contribution in [1.82, 2.24) is 0 Å². The van der Waals surface area contributed by atoms with Crippen molar-refractivity contribution in [3.05, 3.63) is 59.4 Å². The van der Waals surface area contributed by atoms with E-state index in [0.29, 0.717) is 6.42 Å². The van der Waals surface area contributed by atoms with E-state index in [1.807, 2.05) is 38.1 Å². The predicted octanol–water partition coefficient (Wildman–Crippen LogP) is 4.39. The topological polar surface area (TPSA) is 17.1 Å². The Morgan fingerprint density at radius 3 is 2.33 bits per heavy atom. The van der Waals surface area contributed by atoms with E-state index < -0.39 is 0 Å². The molecule has 0 atom stereocenters. The minimum atomic E-state index is -0.228. The first-order valence-corrected chi connectivity index (χ1v) is 6.01. The Balaban J connectivity index is 2.37. The van der Waals surface area contributed by atoms with Gasteiger partial charge in [-0.15, -0.1) is 0 Å². The molecule has 0 aromatic heterocycles. The largest absolute Gasteiger partial charge is 0.294 e. The minimum absolute atomic E-state index is 0.136. The molecule has 18 heavy (non-hydrogen) atoms. The average molecular weight is 242 g/mol. The molecule has 1 nitrogen and oxygen atoms in total. The summed E-state index contributed by atoms with van der Waals surface area (Å²) in [6, 6.07) is 12.2. The van der Waals surface area contributed by atoms with Crippen LogP contribution in [0.4, 0.5) is 4.39 Å². The molecule has 0 radical (unpaired) electrons. The summed E-state index contributed by atoms with van der Waals surface area (Å²) in [6.07, 6.45) is 0.509. The zero-order valence-corrected chi connectivity index (χ0v) is 10.5. The summed E-state index contributed by atoms with van der Waals surface area (Å²) in [7, 11) is 0. The number of hydrogen-bond acceptors (Lipinski definition) is 1. The maximum atomic E-state index is 13.0. The number of Topliss-reactive ketones (excluding diaryl/α,β-unsaturated/α-hetero) is 1. The Hall–Kier alpha value is -1.96. The number of halogens is 1. The second-order valence-electron chi connectivity index (χ2n) is 4.31. The minimum Gasteiger partial charge on any atom is -0.294 e. The van der Waals surface area contributed by atoms with Crippen molar-refractivity contribution in [3.8, 4) is 11.1 Å². The number of hydrogen-bond donors (Lipinski definition) is 0. The molecule has 0 saturated carbocycles. The SMILES string of the molecule is CCC(=O)c1ccc(-c2ccc(F)cc2C)cc1. The number of rotatable bonds is 3. The molecule has 0 saturated heterocycles. The molecule has 0 heterocycles. The Bertz CT molecular complexity index is 570. The molecule has 2 aromatic carbocycles. The van der Waals surface area contributed by atoms with E-state index in [2.05, 4.69) is 0 Å². The van der Waals surface area contributed by atoms with E-state index in [0.717, 1.165) is 22.3 Å². The Morgan fingerprint density at radius 1 is 1.11 bits per heavy atom. The summed E-state index contributed by atoms with van der Waals surface area (Å²) in [6.45, 7) is 3.73. The monoisotopic (exact) mass is 242 g/mol. The highest BCUT2D eigenvalue weighted by Crippen LogP contribution is 2.24. The summed E-state index contributed by atoms with van der Waals surface area (Å²) in [5.41, 5.74) is 3.61. The van der Waals surface area contributed by atoms with Crippen molar-refractivity contribution in [3.63, 3.8) is 0 Å². The smallest absolute Gasteiger partial charge is 0.162 e. The van der Waals surface area contributed by atoms with Gasteiger partial charge >= 0.3 is 0 Å². The maximum Gasteiger partial charge on any atom is 0.162 e. The highest BCUT2D eigenvalue weighted by atomic mass is 19.1. The van der Waals surface area contributed by atoms with Gasteiger partial charge in [-0.05, 0) is 35.7 Å². The van der Waals surface area contributed by atoms with Crippen LogP contribution in [-0.4, -0.2) is 5.78 Å². The van der Waals surface area contributed by atoms with Gasteiger partial charge in [0.15, 0.2) is 5.78 Å². The number of aryl methyl sites for hydroxylation is 1. The Morgan fingerprint density at radius 2 is 1.78 bits per heavy atom. The summed E-state index contributed by atoms with van der Waals surface area (Å²) in [5.74, 6) is -0.0913. The van der Waals surface area contributed by atoms with Crippen molar-refractivity contribution >= 4 is 5.78 Å². The van der Waals surface area contributed by atoms with Crippen LogP contribution in [-0.2, 0) is 0 Å². The fourth-order valence-electron chi connectivity index (χ4n) is 1.99. The average Bonchev–Trinajstić information content (AvgIpc) is 2.38. The fraction of sp³-hybridized carbons (Fsp3) is 0.188. The summed E-state index contributed by atoms with van der Waals surface area (Å²) in [4.78, 5) is 11.5. The predicted molar refractivity (Wildman–Crippen MR) is 71.2 cm³/mol. The third kappa shape index (κ3) is 2.48. The molecule has 0 N–H and O–H groups in total. The number of benzene rings is 2. The lowest BCUT2D eigenvalue weighted by Crippen LogP contribution is -1.95. The van der Waals surface area contributed by atoms with Crippen molar-refractivity contribution in [2.75, 3.05) is 0 Å². The highest BCUT2D eigenvalue weighted by Gasteiger charge is 2.05. The Kier molecular flexibility index (Phi) is 3.56. The molecule has 0 amide bonds. The van der Waals surface area contributed by atoms with E-state index >= 15 is 0 Å². The van der Waals surface area contributed by atoms with Crippen LogP contribution in [0.2, 0.25) is 0 Å². The quantitative estimate of drug-likeness (QED) is 0.729. The standard InChI is InChI=1S/C16H15FO/c1-3-16(18)13-6-4-12(5-7-13)15-9-8-14(17)10-11(15)2/h4-10H,3H2,1-2H3. The molecule has 0 bridgehead atoms. The van der Waals surface area contributed by atoms with Gasteiger partial charge in [-0.3, -0.25) is 4.79 Å². The molecular weight excluding hydrogens is 227 g/mol. The van der Waals surface area contributed by atoms with Crippen LogP contribution in [0.5, 0.6) is 0 Å². The lowest BCUT2D eigenvalue weighted by Gasteiger charge is -2.07. The van der Waals surface area contributed by atoms with Gasteiger partial charge in [0.05, 0.1) is 0 Å². The number of ketones is 1. The molecule has 0 unspecified atom stereocenters. The summed E-state index contributed by atoms with van der Waals surface area (Å²) in [5, 5.41) is 0. The zero-order valence-electron chi connectivity index (χ0n) is 10.5. The second kappa shape index (κ2) is 5.13. The highest BCUT2D eigenvalue weighted by molar-refractivity contribution is 5.96. The van der Waals surface area contributed by atoms with E-state index in [4.69, 9.17) is 0 Å². The van der Waals surface area contributed by atoms with Crippen LogP contribution in [0, 0.1) is 12.7 Å². The van der Waals surface area contributed by atoms with Crippen LogP contribution >= 0.6 is 0 Å². The maximum absolute atomic E-state index is 13.0. The van der Waals surface area contributed by atoms with Crippen molar-refractivity contribution in [2.45, 2.75) is 20.3 Å². The van der Waals surface area contributed by atoms with Crippen LogP contribution < -0.4 is 0 Å². The van der Waals surface area contributed by atoms with Gasteiger partial charge in [0.2, 0.25) is 0 Å². The molecular formula is C16H15FO. The molecule has 92 valence electrons. The van der Waals surface area contributed by atoms with Gasteiger partial charge in [0.25, 0.3) is 0 Å².